The molecule has 23 heteroatoms. The first kappa shape index (κ1) is 66.2. The second-order valence-electron chi connectivity index (χ2n) is 17.8. The molecule has 0 aromatic heterocycles. The Bertz CT molecular complexity index is 1480. The number of phosphoric acid groups is 1. The molecule has 22 nitrogen and oxygen atoms in total. The zero-order valence-corrected chi connectivity index (χ0v) is 42.9. The monoisotopic (exact) mass is 1030 g/mol. The van der Waals surface area contributed by atoms with E-state index in [4.69, 9.17) is 18.5 Å². The summed E-state index contributed by atoms with van der Waals surface area (Å²) in [6.07, 6.45) is 21.8. The number of esters is 2. The number of ether oxygens (including phenoxy) is 2. The van der Waals surface area contributed by atoms with Crippen LogP contribution in [0.5, 0.6) is 0 Å². The van der Waals surface area contributed by atoms with Crippen molar-refractivity contribution in [2.24, 2.45) is 0 Å². The van der Waals surface area contributed by atoms with Gasteiger partial charge in [-0.25, -0.2) is 4.57 Å². The molecule has 70 heavy (non-hydrogen) atoms. The molecule has 0 saturated carbocycles. The second-order valence-corrected chi connectivity index (χ2v) is 19.2. The molecule has 0 aromatic rings. The highest BCUT2D eigenvalue weighted by Crippen LogP contribution is 2.43. The fourth-order valence-corrected chi connectivity index (χ4v) is 8.32. The first-order valence-corrected chi connectivity index (χ1v) is 26.8. The van der Waals surface area contributed by atoms with E-state index in [1.165, 1.54) is 81.9 Å². The lowest BCUT2D eigenvalue weighted by molar-refractivity contribution is -0.161. The Labute approximate surface area is 414 Å². The molecule has 3 atom stereocenters. The summed E-state index contributed by atoms with van der Waals surface area (Å²) in [5, 5.41) is 49.9. The molecular formula is C47H87N4O18P. The number of nitrogens with zero attached hydrogens (tertiary/aromatic N) is 3. The number of unbranched alkanes of at least 4 members (excludes halogenated alkanes) is 20. The molecule has 0 aliphatic carbocycles. The van der Waals surface area contributed by atoms with E-state index < -0.39 is 121 Å². The third kappa shape index (κ3) is 42.0. The van der Waals surface area contributed by atoms with Crippen molar-refractivity contribution in [1.29, 1.82) is 0 Å². The van der Waals surface area contributed by atoms with Crippen LogP contribution in [-0.2, 0) is 56.6 Å². The van der Waals surface area contributed by atoms with Gasteiger partial charge in [0.15, 0.2) is 6.10 Å². The van der Waals surface area contributed by atoms with Gasteiger partial charge in [0, 0.05) is 39.0 Å². The number of carboxylic acid groups (broad SMARTS) is 5. The van der Waals surface area contributed by atoms with Crippen LogP contribution in [0.1, 0.15) is 168 Å². The highest BCUT2D eigenvalue weighted by atomic mass is 31.2. The summed E-state index contributed by atoms with van der Waals surface area (Å²) in [6, 6.07) is 0. The Balaban J connectivity index is 5.58. The van der Waals surface area contributed by atoms with Gasteiger partial charge in [0.1, 0.15) is 6.61 Å². The predicted molar refractivity (Wildman–Crippen MR) is 259 cm³/mol. The van der Waals surface area contributed by atoms with Crippen LogP contribution in [0, 0.1) is 0 Å². The summed E-state index contributed by atoms with van der Waals surface area (Å²) in [6.45, 7) is -2.34. The fraction of sp³-hybridized carbons (Fsp3) is 0.851. The minimum atomic E-state index is -4.91. The van der Waals surface area contributed by atoms with E-state index in [9.17, 15) is 68.6 Å². The first-order chi connectivity index (χ1) is 33.4. The van der Waals surface area contributed by atoms with Gasteiger partial charge < -0.3 is 39.9 Å². The van der Waals surface area contributed by atoms with Crippen molar-refractivity contribution in [3.63, 3.8) is 0 Å². The molecule has 0 spiro atoms. The van der Waals surface area contributed by atoms with Crippen molar-refractivity contribution in [3.8, 4) is 0 Å². The van der Waals surface area contributed by atoms with Gasteiger partial charge in [0.25, 0.3) is 0 Å². The molecule has 0 heterocycles. The third-order valence-electron chi connectivity index (χ3n) is 11.2. The number of aliphatic carboxylic acids is 5. The minimum Gasteiger partial charge on any atom is -0.480 e. The van der Waals surface area contributed by atoms with Crippen LogP contribution in [0.15, 0.2) is 0 Å². The zero-order valence-electron chi connectivity index (χ0n) is 42.0. The van der Waals surface area contributed by atoms with Gasteiger partial charge in [-0.05, 0) is 12.8 Å². The summed E-state index contributed by atoms with van der Waals surface area (Å²) >= 11 is 0. The molecule has 0 bridgehead atoms. The average molecular weight is 1030 g/mol. The number of rotatable bonds is 51. The van der Waals surface area contributed by atoms with Gasteiger partial charge in [-0.3, -0.25) is 62.6 Å². The van der Waals surface area contributed by atoms with Crippen LogP contribution in [0.4, 0.5) is 0 Å². The Morgan fingerprint density at radius 1 is 0.500 bits per heavy atom. The maximum atomic E-state index is 13.0. The molecule has 0 radical (unpaired) electrons. The predicted octanol–water partition coefficient (Wildman–Crippen LogP) is 6.22. The maximum Gasteiger partial charge on any atom is 0.472 e. The molecule has 0 saturated heterocycles. The third-order valence-corrected chi connectivity index (χ3v) is 12.2. The Morgan fingerprint density at radius 2 is 0.886 bits per heavy atom. The topological polar surface area (TPSA) is 317 Å². The summed E-state index contributed by atoms with van der Waals surface area (Å²) in [5.41, 5.74) is 0. The SMILES string of the molecule is CCCCCCCCCCCCCC(=O)OC[C@H](COP(=O)(O)OCCNC(CN(CCN(CC(=O)O)CC(=O)O)CC(=O)O)N(CC(=O)O)CC(=O)O)OC(=O)CCCCCCCCCCCCC. The number of carbonyl (C=O) groups is 7. The first-order valence-electron chi connectivity index (χ1n) is 25.3. The van der Waals surface area contributed by atoms with Crippen molar-refractivity contribution >= 4 is 49.6 Å². The number of nitrogens with one attached hydrogen (secondary N) is 1. The summed E-state index contributed by atoms with van der Waals surface area (Å²) < 4.78 is 34.2. The molecule has 7 N–H and O–H groups in total. The number of hydrogen-bond acceptors (Lipinski definition) is 16. The molecule has 0 aliphatic rings. The normalized spacial score (nSPS) is 13.3. The smallest absolute Gasteiger partial charge is 0.472 e. The number of hydrogen-bond donors (Lipinski definition) is 7. The molecule has 0 aromatic carbocycles. The summed E-state index contributed by atoms with van der Waals surface area (Å²) in [5.74, 6) is -8.05. The Hall–Kier alpha value is -3.76. The van der Waals surface area contributed by atoms with Gasteiger partial charge in [-0.1, -0.05) is 142 Å². The van der Waals surface area contributed by atoms with Crippen LogP contribution in [0.3, 0.4) is 0 Å². The van der Waals surface area contributed by atoms with Crippen LogP contribution >= 0.6 is 7.82 Å². The standard InChI is InChI=1S/C47H87N4O18P/c1-3-5-7-9-11-13-15-17-19-21-23-25-46(62)66-37-39(69-47(63)26-24-22-20-18-16-14-12-10-8-6-4-2)38-68-70(64,65)67-30-27-48-40(51(35-44(58)59)36-45(60)61)31-49(32-41(52)53)28-29-50(33-42(54)55)34-43(56)57/h39-40,48H,3-38H2,1-2H3,(H,52,53)(H,54,55)(H,56,57)(H,58,59)(H,60,61)(H,64,65)/t39-,40?/m1/s1. The van der Waals surface area contributed by atoms with E-state index in [1.54, 1.807) is 0 Å². The van der Waals surface area contributed by atoms with E-state index in [-0.39, 0.29) is 32.5 Å². The van der Waals surface area contributed by atoms with Crippen LogP contribution < -0.4 is 5.32 Å². The molecule has 0 fully saturated rings. The van der Waals surface area contributed by atoms with Crippen molar-refractivity contribution < 1.29 is 87.1 Å². The van der Waals surface area contributed by atoms with E-state index >= 15 is 0 Å². The molecule has 0 rings (SSSR count). The van der Waals surface area contributed by atoms with Crippen LogP contribution in [-0.4, -0.2) is 178 Å². The van der Waals surface area contributed by atoms with Gasteiger partial charge in [-0.2, -0.15) is 0 Å². The zero-order chi connectivity index (χ0) is 52.4. The molecule has 0 amide bonds. The van der Waals surface area contributed by atoms with E-state index in [0.29, 0.717) is 12.8 Å². The van der Waals surface area contributed by atoms with Gasteiger partial charge in [-0.15, -0.1) is 0 Å². The van der Waals surface area contributed by atoms with E-state index in [0.717, 1.165) is 61.2 Å². The highest BCUT2D eigenvalue weighted by Gasteiger charge is 2.29. The molecule has 0 aliphatic heterocycles. The molecule has 2 unspecified atom stereocenters. The number of carboxylic acids is 5. The van der Waals surface area contributed by atoms with Gasteiger partial charge >= 0.3 is 49.6 Å². The van der Waals surface area contributed by atoms with E-state index in [1.807, 2.05) is 0 Å². The lowest BCUT2D eigenvalue weighted by Crippen LogP contribution is -2.57. The van der Waals surface area contributed by atoms with Gasteiger partial charge in [0.2, 0.25) is 0 Å². The Kier molecular flexibility index (Phi) is 40.6. The van der Waals surface area contributed by atoms with Crippen molar-refractivity contribution in [1.82, 2.24) is 20.0 Å². The van der Waals surface area contributed by atoms with Crippen molar-refractivity contribution in [2.75, 3.05) is 78.7 Å². The van der Waals surface area contributed by atoms with Crippen LogP contribution in [0.25, 0.3) is 0 Å². The highest BCUT2D eigenvalue weighted by molar-refractivity contribution is 7.47. The fourth-order valence-electron chi connectivity index (χ4n) is 7.57. The number of phosphoric ester groups is 1. The summed E-state index contributed by atoms with van der Waals surface area (Å²) in [4.78, 5) is 97.1. The Morgan fingerprint density at radius 3 is 1.31 bits per heavy atom. The lowest BCUT2D eigenvalue weighted by Gasteiger charge is -2.34. The molecular weight excluding hydrogens is 940 g/mol. The average Bonchev–Trinajstić information content (AvgIpc) is 3.27. The van der Waals surface area contributed by atoms with Gasteiger partial charge in [0.05, 0.1) is 52.1 Å². The van der Waals surface area contributed by atoms with Crippen molar-refractivity contribution in [3.05, 3.63) is 0 Å². The molecule has 408 valence electrons. The second kappa shape index (κ2) is 42.9. The lowest BCUT2D eigenvalue weighted by atomic mass is 10.1. The van der Waals surface area contributed by atoms with Crippen LogP contribution in [0.2, 0.25) is 0 Å². The minimum absolute atomic E-state index is 0.0773. The summed E-state index contributed by atoms with van der Waals surface area (Å²) in [7, 11) is -4.91. The van der Waals surface area contributed by atoms with Crippen molar-refractivity contribution in [2.45, 2.75) is 180 Å². The van der Waals surface area contributed by atoms with E-state index in [2.05, 4.69) is 19.2 Å². The number of carbonyl (C=O) groups excluding carboxylic acids is 2. The quantitative estimate of drug-likeness (QED) is 0.0154. The maximum absolute atomic E-state index is 13.0. The largest absolute Gasteiger partial charge is 0.480 e.